The number of Topliss-reactive ketones (excluding diaryl/α,β-unsaturated/α-hetero) is 2. The number of fused-ring (bicyclic) bond motifs is 3. The second-order valence-electron chi connectivity index (χ2n) is 11.3. The van der Waals surface area contributed by atoms with Crippen LogP contribution in [0.5, 0.6) is 5.75 Å². The van der Waals surface area contributed by atoms with Gasteiger partial charge in [0.15, 0.2) is 17.1 Å². The van der Waals surface area contributed by atoms with Crippen LogP contribution in [0, 0.1) is 17.7 Å². The van der Waals surface area contributed by atoms with Crippen LogP contribution in [0.1, 0.15) is 28.8 Å². The first-order chi connectivity index (χ1) is 19.1. The minimum absolute atomic E-state index is 0.0116. The molecule has 14 heteroatoms. The highest BCUT2D eigenvalue weighted by molar-refractivity contribution is 6.25. The maximum absolute atomic E-state index is 15.4. The van der Waals surface area contributed by atoms with Crippen LogP contribution in [0.4, 0.5) is 14.5 Å². The van der Waals surface area contributed by atoms with Crippen molar-refractivity contribution < 1.29 is 48.4 Å². The van der Waals surface area contributed by atoms with Crippen molar-refractivity contribution in [2.24, 2.45) is 17.6 Å². The predicted molar refractivity (Wildman–Crippen MR) is 138 cm³/mol. The summed E-state index contributed by atoms with van der Waals surface area (Å²) in [6.07, 6.45) is -1.79. The Morgan fingerprint density at radius 2 is 1.85 bits per heavy atom. The SMILES string of the molecule is CN(C)[C@@H]1C(O)=C(C(N)=O)C(=O)[C@@]2(O)C(O)=C3C(=O)c4c(O)c(NC(=O)[C@@H]5C[C@H](F)CN5C)cc(F)c4C[C@H]3C[C@@H]12. The number of primary amides is 1. The highest BCUT2D eigenvalue weighted by Gasteiger charge is 2.63. The van der Waals surface area contributed by atoms with Crippen molar-refractivity contribution in [2.75, 3.05) is 33.0 Å². The molecule has 1 fully saturated rings. The van der Waals surface area contributed by atoms with Gasteiger partial charge >= 0.3 is 0 Å². The van der Waals surface area contributed by atoms with Crippen LogP contribution >= 0.6 is 0 Å². The lowest BCUT2D eigenvalue weighted by Crippen LogP contribution is -2.63. The number of nitrogens with two attached hydrogens (primary N) is 1. The number of aromatic hydroxyl groups is 1. The zero-order valence-electron chi connectivity index (χ0n) is 22.4. The van der Waals surface area contributed by atoms with E-state index in [4.69, 9.17) is 5.73 Å². The molecule has 220 valence electrons. The van der Waals surface area contributed by atoms with Gasteiger partial charge in [-0.1, -0.05) is 0 Å². The zero-order valence-corrected chi connectivity index (χ0v) is 22.4. The summed E-state index contributed by atoms with van der Waals surface area (Å²) < 4.78 is 29.2. The molecular formula is C27H30F2N4O8. The van der Waals surface area contributed by atoms with Crippen molar-refractivity contribution in [3.05, 3.63) is 45.7 Å². The summed E-state index contributed by atoms with van der Waals surface area (Å²) in [6.45, 7) is 0.0116. The molecule has 3 aliphatic carbocycles. The maximum Gasteiger partial charge on any atom is 0.255 e. The number of halogens is 2. The van der Waals surface area contributed by atoms with Crippen LogP contribution in [0.2, 0.25) is 0 Å². The average Bonchev–Trinajstić information content (AvgIpc) is 3.21. The number of phenolic OH excluding ortho intramolecular Hbond substituents is 1. The first-order valence-electron chi connectivity index (χ1n) is 12.9. The summed E-state index contributed by atoms with van der Waals surface area (Å²) in [5, 5.41) is 47.0. The summed E-state index contributed by atoms with van der Waals surface area (Å²) in [6, 6.07) is -1.23. The number of nitrogens with zero attached hydrogens (tertiary/aromatic N) is 2. The van der Waals surface area contributed by atoms with Crippen LogP contribution in [-0.2, 0) is 20.8 Å². The molecule has 0 unspecified atom stereocenters. The number of anilines is 1. The molecule has 1 aromatic rings. The summed E-state index contributed by atoms with van der Waals surface area (Å²) in [5.41, 5.74) is -0.163. The van der Waals surface area contributed by atoms with E-state index < -0.39 is 105 Å². The van der Waals surface area contributed by atoms with Gasteiger partial charge in [0.05, 0.1) is 23.3 Å². The largest absolute Gasteiger partial charge is 0.510 e. The number of aliphatic hydroxyl groups is 3. The van der Waals surface area contributed by atoms with Crippen LogP contribution < -0.4 is 11.1 Å². The van der Waals surface area contributed by atoms with E-state index in [1.807, 2.05) is 0 Å². The molecule has 0 saturated carbocycles. The van der Waals surface area contributed by atoms with Crippen molar-refractivity contribution in [1.82, 2.24) is 9.80 Å². The number of phenols is 1. The van der Waals surface area contributed by atoms with Crippen molar-refractivity contribution in [1.29, 1.82) is 0 Å². The van der Waals surface area contributed by atoms with Gasteiger partial charge in [0.2, 0.25) is 11.7 Å². The molecule has 1 heterocycles. The summed E-state index contributed by atoms with van der Waals surface area (Å²) in [4.78, 5) is 54.8. The van der Waals surface area contributed by atoms with Crippen LogP contribution in [0.3, 0.4) is 0 Å². The fraction of sp³-hybridized carbons (Fsp3) is 0.481. The number of carbonyl (C=O) groups is 4. The number of aliphatic hydroxyl groups excluding tert-OH is 2. The van der Waals surface area contributed by atoms with Crippen LogP contribution in [-0.4, -0.2) is 105 Å². The Bertz CT molecular complexity index is 1470. The van der Waals surface area contributed by atoms with Gasteiger partial charge in [-0.15, -0.1) is 0 Å². The molecule has 5 rings (SSSR count). The zero-order chi connectivity index (χ0) is 30.3. The van der Waals surface area contributed by atoms with E-state index in [9.17, 15) is 44.0 Å². The third kappa shape index (κ3) is 4.03. The number of alkyl halides is 1. The van der Waals surface area contributed by atoms with Crippen LogP contribution in [0.25, 0.3) is 0 Å². The van der Waals surface area contributed by atoms with E-state index in [2.05, 4.69) is 5.32 Å². The molecule has 6 atom stereocenters. The van der Waals surface area contributed by atoms with Gasteiger partial charge < -0.3 is 31.5 Å². The normalized spacial score (nSPS) is 31.7. The number of allylic oxidation sites excluding steroid dienone is 1. The van der Waals surface area contributed by atoms with Gasteiger partial charge in [0.25, 0.3) is 5.91 Å². The molecule has 0 spiro atoms. The minimum atomic E-state index is -2.83. The Hall–Kier alpha value is -3.88. The van der Waals surface area contributed by atoms with Crippen molar-refractivity contribution >= 4 is 29.1 Å². The molecular weight excluding hydrogens is 546 g/mol. The topological polar surface area (TPSA) is 194 Å². The molecule has 0 radical (unpaired) electrons. The van der Waals surface area contributed by atoms with E-state index in [1.165, 1.54) is 30.9 Å². The van der Waals surface area contributed by atoms with E-state index in [1.54, 1.807) is 0 Å². The summed E-state index contributed by atoms with van der Waals surface area (Å²) in [5.74, 6) is -10.3. The standard InChI is InChI=1S/C27H30F2N4O8/c1-32(2)19-12-5-9-4-11-13(29)7-14(31-26(40)15-6-10(28)8-33(15)3)20(34)17(11)21(35)16(9)23(37)27(12,41)24(38)18(22(19)36)25(30)39/h7,9-10,12,15,19,34,36-37,41H,4-6,8H2,1-3H3,(H2,30,39)(H,31,40)/t9-,10-,12-,15-,19-,27-/m0/s1. The number of rotatable bonds is 4. The Kier molecular flexibility index (Phi) is 6.71. The molecule has 7 N–H and O–H groups in total. The monoisotopic (exact) mass is 576 g/mol. The third-order valence-electron chi connectivity index (χ3n) is 8.73. The smallest absolute Gasteiger partial charge is 0.255 e. The molecule has 12 nitrogen and oxygen atoms in total. The van der Waals surface area contributed by atoms with E-state index >= 15 is 4.39 Å². The fourth-order valence-electron chi connectivity index (χ4n) is 6.83. The Morgan fingerprint density at radius 3 is 2.41 bits per heavy atom. The molecule has 41 heavy (non-hydrogen) atoms. The van der Waals surface area contributed by atoms with Gasteiger partial charge in [-0.25, -0.2) is 8.78 Å². The highest BCUT2D eigenvalue weighted by atomic mass is 19.1. The third-order valence-corrected chi connectivity index (χ3v) is 8.73. The highest BCUT2D eigenvalue weighted by Crippen LogP contribution is 2.53. The lowest BCUT2D eigenvalue weighted by molar-refractivity contribution is -0.148. The van der Waals surface area contributed by atoms with E-state index in [-0.39, 0.29) is 31.4 Å². The predicted octanol–water partition coefficient (Wildman–Crippen LogP) is 0.240. The first kappa shape index (κ1) is 28.6. The van der Waals surface area contributed by atoms with E-state index in [0.717, 1.165) is 6.07 Å². The van der Waals surface area contributed by atoms with Gasteiger partial charge in [0, 0.05) is 36.1 Å². The summed E-state index contributed by atoms with van der Waals surface area (Å²) in [7, 11) is 4.53. The van der Waals surface area contributed by atoms with Gasteiger partial charge in [-0.2, -0.15) is 0 Å². The number of likely N-dealkylation sites (N-methyl/N-ethyl adjacent to an activating group) is 2. The minimum Gasteiger partial charge on any atom is -0.510 e. The number of carbonyl (C=O) groups excluding carboxylic acids is 4. The lowest BCUT2D eigenvalue weighted by atomic mass is 9.58. The molecule has 4 aliphatic rings. The number of amides is 2. The number of likely N-dealkylation sites (tertiary alicyclic amines) is 1. The average molecular weight is 577 g/mol. The van der Waals surface area contributed by atoms with Crippen molar-refractivity contribution in [3.63, 3.8) is 0 Å². The molecule has 1 saturated heterocycles. The second-order valence-corrected chi connectivity index (χ2v) is 11.3. The Balaban J connectivity index is 1.60. The first-order valence-corrected chi connectivity index (χ1v) is 12.9. The quantitative estimate of drug-likeness (QED) is 0.214. The maximum atomic E-state index is 15.4. The molecule has 0 bridgehead atoms. The molecule has 1 aromatic carbocycles. The number of nitrogens with one attached hydrogen (secondary N) is 1. The van der Waals surface area contributed by atoms with E-state index in [0.29, 0.717) is 0 Å². The van der Waals surface area contributed by atoms with Gasteiger partial charge in [-0.05, 0) is 39.9 Å². The number of ketones is 2. The molecule has 2 amide bonds. The second kappa shape index (κ2) is 9.60. The Labute approximate surface area is 232 Å². The number of benzene rings is 1. The van der Waals surface area contributed by atoms with Crippen molar-refractivity contribution in [2.45, 2.75) is 43.1 Å². The lowest BCUT2D eigenvalue weighted by Gasteiger charge is -2.50. The van der Waals surface area contributed by atoms with Gasteiger partial charge in [0.1, 0.15) is 29.1 Å². The number of hydrogen-bond acceptors (Lipinski definition) is 10. The number of hydrogen-bond donors (Lipinski definition) is 6. The summed E-state index contributed by atoms with van der Waals surface area (Å²) >= 11 is 0. The fourth-order valence-corrected chi connectivity index (χ4v) is 6.83. The Morgan fingerprint density at radius 1 is 1.20 bits per heavy atom. The molecule has 1 aliphatic heterocycles. The van der Waals surface area contributed by atoms with Crippen molar-refractivity contribution in [3.8, 4) is 5.75 Å². The molecule has 0 aromatic heterocycles. The van der Waals surface area contributed by atoms with Gasteiger partial charge in [-0.3, -0.25) is 29.0 Å². The van der Waals surface area contributed by atoms with Crippen LogP contribution in [0.15, 0.2) is 28.7 Å².